The van der Waals surface area contributed by atoms with E-state index in [-0.39, 0.29) is 19.2 Å². The second-order valence-electron chi connectivity index (χ2n) is 6.97. The van der Waals surface area contributed by atoms with Crippen molar-refractivity contribution in [3.8, 4) is 0 Å². The van der Waals surface area contributed by atoms with Gasteiger partial charge in [-0.3, -0.25) is 9.69 Å². The Morgan fingerprint density at radius 1 is 1.08 bits per heavy atom. The summed E-state index contributed by atoms with van der Waals surface area (Å²) in [5, 5.41) is 9.46. The van der Waals surface area contributed by atoms with E-state index in [0.29, 0.717) is 13.0 Å². The molecule has 1 aromatic carbocycles. The minimum Gasteiger partial charge on any atom is -0.481 e. The molecule has 2 saturated heterocycles. The van der Waals surface area contributed by atoms with Crippen LogP contribution in [0.15, 0.2) is 30.3 Å². The molecule has 1 amide bonds. The van der Waals surface area contributed by atoms with Gasteiger partial charge < -0.3 is 14.7 Å². The van der Waals surface area contributed by atoms with Gasteiger partial charge in [-0.1, -0.05) is 36.8 Å². The molecule has 0 aliphatic carbocycles. The largest absolute Gasteiger partial charge is 0.481 e. The standard InChI is InChI=1S/C19H26N2O4/c22-18(23)16-11-17(20-9-5-2-6-10-20)13-21(12-16)19(24)25-14-15-7-3-1-4-8-15/h1,3-4,7-8,16-17H,2,5-6,9-14H2,(H,22,23)/t16-,17-/m0/s1. The first-order valence-electron chi connectivity index (χ1n) is 9.06. The molecular formula is C19H26N2O4. The normalized spacial score (nSPS) is 24.7. The third kappa shape index (κ3) is 4.72. The maximum atomic E-state index is 12.5. The van der Waals surface area contributed by atoms with Crippen molar-refractivity contribution < 1.29 is 19.4 Å². The van der Waals surface area contributed by atoms with Crippen LogP contribution in [0.2, 0.25) is 0 Å². The van der Waals surface area contributed by atoms with E-state index in [0.717, 1.165) is 31.5 Å². The molecule has 0 spiro atoms. The van der Waals surface area contributed by atoms with Gasteiger partial charge in [0.1, 0.15) is 6.61 Å². The third-order valence-electron chi connectivity index (χ3n) is 5.15. The van der Waals surface area contributed by atoms with E-state index in [1.54, 1.807) is 4.90 Å². The van der Waals surface area contributed by atoms with Gasteiger partial charge in [-0.2, -0.15) is 0 Å². The summed E-state index contributed by atoms with van der Waals surface area (Å²) in [4.78, 5) is 27.9. The van der Waals surface area contributed by atoms with Crippen LogP contribution in [0.4, 0.5) is 4.79 Å². The average molecular weight is 346 g/mol. The van der Waals surface area contributed by atoms with Crippen LogP contribution >= 0.6 is 0 Å². The fraction of sp³-hybridized carbons (Fsp3) is 0.579. The van der Waals surface area contributed by atoms with Crippen LogP contribution in [-0.2, 0) is 16.1 Å². The summed E-state index contributed by atoms with van der Waals surface area (Å²) in [5.41, 5.74) is 0.926. The molecule has 6 heteroatoms. The Morgan fingerprint density at radius 2 is 1.80 bits per heavy atom. The zero-order valence-corrected chi connectivity index (χ0v) is 14.5. The molecule has 2 aliphatic heterocycles. The topological polar surface area (TPSA) is 70.1 Å². The summed E-state index contributed by atoms with van der Waals surface area (Å²) < 4.78 is 5.41. The lowest BCUT2D eigenvalue weighted by Gasteiger charge is -2.42. The lowest BCUT2D eigenvalue weighted by molar-refractivity contribution is -0.144. The zero-order chi connectivity index (χ0) is 17.6. The number of likely N-dealkylation sites (tertiary alicyclic amines) is 2. The number of aliphatic carboxylic acids is 1. The monoisotopic (exact) mass is 346 g/mol. The number of hydrogen-bond donors (Lipinski definition) is 1. The predicted molar refractivity (Wildman–Crippen MR) is 93.2 cm³/mol. The highest BCUT2D eigenvalue weighted by Gasteiger charge is 2.37. The van der Waals surface area contributed by atoms with Crippen molar-refractivity contribution in [2.24, 2.45) is 5.92 Å². The number of amides is 1. The molecule has 1 aromatic rings. The van der Waals surface area contributed by atoms with E-state index >= 15 is 0 Å². The quantitative estimate of drug-likeness (QED) is 0.907. The lowest BCUT2D eigenvalue weighted by Crippen LogP contribution is -2.55. The first-order chi connectivity index (χ1) is 12.1. The van der Waals surface area contributed by atoms with E-state index in [2.05, 4.69) is 4.90 Å². The van der Waals surface area contributed by atoms with Crippen LogP contribution in [0.5, 0.6) is 0 Å². The second kappa shape index (κ2) is 8.34. The molecule has 1 N–H and O–H groups in total. The van der Waals surface area contributed by atoms with Gasteiger partial charge >= 0.3 is 12.1 Å². The van der Waals surface area contributed by atoms with Gasteiger partial charge in [0.2, 0.25) is 0 Å². The van der Waals surface area contributed by atoms with Crippen LogP contribution < -0.4 is 0 Å². The number of rotatable bonds is 4. The van der Waals surface area contributed by atoms with E-state index in [9.17, 15) is 14.7 Å². The molecule has 3 rings (SSSR count). The third-order valence-corrected chi connectivity index (χ3v) is 5.15. The number of carbonyl (C=O) groups is 2. The number of hydrogen-bond acceptors (Lipinski definition) is 4. The van der Waals surface area contributed by atoms with Crippen LogP contribution in [0.25, 0.3) is 0 Å². The molecule has 2 heterocycles. The van der Waals surface area contributed by atoms with Crippen molar-refractivity contribution in [3.05, 3.63) is 35.9 Å². The Balaban J connectivity index is 1.61. The molecule has 25 heavy (non-hydrogen) atoms. The number of carbonyl (C=O) groups excluding carboxylic acids is 1. The van der Waals surface area contributed by atoms with Gasteiger partial charge in [0.15, 0.2) is 0 Å². The highest BCUT2D eigenvalue weighted by Crippen LogP contribution is 2.24. The molecule has 2 fully saturated rings. The van der Waals surface area contributed by atoms with Crippen LogP contribution in [0, 0.1) is 5.92 Å². The maximum absolute atomic E-state index is 12.5. The maximum Gasteiger partial charge on any atom is 0.410 e. The fourth-order valence-corrected chi connectivity index (χ4v) is 3.76. The highest BCUT2D eigenvalue weighted by atomic mass is 16.6. The highest BCUT2D eigenvalue weighted by molar-refractivity contribution is 5.73. The van der Waals surface area contributed by atoms with Crippen molar-refractivity contribution in [2.45, 2.75) is 38.3 Å². The van der Waals surface area contributed by atoms with Gasteiger partial charge in [-0.05, 0) is 37.9 Å². The van der Waals surface area contributed by atoms with Gasteiger partial charge in [0.25, 0.3) is 0 Å². The Bertz CT molecular complexity index is 586. The Kier molecular flexibility index (Phi) is 5.91. The second-order valence-corrected chi connectivity index (χ2v) is 6.97. The number of benzene rings is 1. The number of nitrogens with zero attached hydrogens (tertiary/aromatic N) is 2. The van der Waals surface area contributed by atoms with Crippen molar-refractivity contribution in [1.29, 1.82) is 0 Å². The zero-order valence-electron chi connectivity index (χ0n) is 14.5. The molecular weight excluding hydrogens is 320 g/mol. The number of carboxylic acid groups (broad SMARTS) is 1. The van der Waals surface area contributed by atoms with Gasteiger partial charge in [-0.15, -0.1) is 0 Å². The van der Waals surface area contributed by atoms with E-state index in [1.807, 2.05) is 30.3 Å². The van der Waals surface area contributed by atoms with Gasteiger partial charge in [-0.25, -0.2) is 4.79 Å². The first-order valence-corrected chi connectivity index (χ1v) is 9.06. The van der Waals surface area contributed by atoms with Crippen molar-refractivity contribution in [3.63, 3.8) is 0 Å². The van der Waals surface area contributed by atoms with E-state index in [1.165, 1.54) is 6.42 Å². The predicted octanol–water partition coefficient (Wildman–Crippen LogP) is 2.58. The van der Waals surface area contributed by atoms with Crippen LogP contribution in [-0.4, -0.2) is 59.2 Å². The molecule has 6 nitrogen and oxygen atoms in total. The average Bonchev–Trinajstić information content (AvgIpc) is 2.67. The van der Waals surface area contributed by atoms with E-state index in [4.69, 9.17) is 4.74 Å². The van der Waals surface area contributed by atoms with Crippen LogP contribution in [0.3, 0.4) is 0 Å². The summed E-state index contributed by atoms with van der Waals surface area (Å²) in [6.45, 7) is 2.97. The lowest BCUT2D eigenvalue weighted by atomic mass is 9.92. The van der Waals surface area contributed by atoms with Crippen LogP contribution in [0.1, 0.15) is 31.2 Å². The SMILES string of the molecule is O=C(O)[C@H]1C[C@H](N2CCCCC2)CN(C(=O)OCc2ccccc2)C1. The molecule has 136 valence electrons. The molecule has 2 aliphatic rings. The molecule has 0 radical (unpaired) electrons. The van der Waals surface area contributed by atoms with E-state index < -0.39 is 18.0 Å². The number of ether oxygens (including phenoxy) is 1. The molecule has 0 unspecified atom stereocenters. The fourth-order valence-electron chi connectivity index (χ4n) is 3.76. The number of piperidine rings is 2. The van der Waals surface area contributed by atoms with Gasteiger partial charge in [0.05, 0.1) is 5.92 Å². The van der Waals surface area contributed by atoms with Gasteiger partial charge in [0, 0.05) is 19.1 Å². The Morgan fingerprint density at radius 3 is 2.48 bits per heavy atom. The molecule has 2 atom stereocenters. The minimum absolute atomic E-state index is 0.111. The Labute approximate surface area is 148 Å². The van der Waals surface area contributed by atoms with Crippen molar-refractivity contribution in [1.82, 2.24) is 9.80 Å². The van der Waals surface area contributed by atoms with Crippen molar-refractivity contribution in [2.75, 3.05) is 26.2 Å². The molecule has 0 saturated carbocycles. The summed E-state index contributed by atoms with van der Waals surface area (Å²) in [7, 11) is 0. The molecule has 0 aromatic heterocycles. The number of carboxylic acids is 1. The summed E-state index contributed by atoms with van der Waals surface area (Å²) in [5.74, 6) is -1.35. The summed E-state index contributed by atoms with van der Waals surface area (Å²) in [6, 6.07) is 9.63. The summed E-state index contributed by atoms with van der Waals surface area (Å²) >= 11 is 0. The Hall–Kier alpha value is -2.08. The smallest absolute Gasteiger partial charge is 0.410 e. The molecule has 0 bridgehead atoms. The summed E-state index contributed by atoms with van der Waals surface area (Å²) in [6.07, 6.45) is 3.71. The first kappa shape index (κ1) is 17.7. The minimum atomic E-state index is -0.831. The van der Waals surface area contributed by atoms with Crippen molar-refractivity contribution >= 4 is 12.1 Å².